The molecule has 0 aliphatic carbocycles. The van der Waals surface area contributed by atoms with Crippen molar-refractivity contribution in [2.24, 2.45) is 5.73 Å². The molecule has 0 saturated carbocycles. The molecule has 76 valence electrons. The summed E-state index contributed by atoms with van der Waals surface area (Å²) in [7, 11) is 0. The molecule has 0 bridgehead atoms. The molecular formula is C10H10N4O. The van der Waals surface area contributed by atoms with Gasteiger partial charge in [-0.15, -0.1) is 0 Å². The van der Waals surface area contributed by atoms with Gasteiger partial charge in [0.2, 0.25) is 5.91 Å². The molecule has 0 aliphatic heterocycles. The van der Waals surface area contributed by atoms with Gasteiger partial charge in [-0.3, -0.25) is 9.89 Å². The maximum absolute atomic E-state index is 11.3. The van der Waals surface area contributed by atoms with Crippen molar-refractivity contribution < 1.29 is 4.79 Å². The molecule has 3 N–H and O–H groups in total. The van der Waals surface area contributed by atoms with Crippen LogP contribution in [0.2, 0.25) is 0 Å². The molecule has 1 unspecified atom stereocenters. The topological polar surface area (TPSA) is 84.7 Å². The van der Waals surface area contributed by atoms with Crippen LogP contribution >= 0.6 is 0 Å². The Balaban J connectivity index is 2.42. The summed E-state index contributed by atoms with van der Waals surface area (Å²) in [6.45, 7) is 0. The lowest BCUT2D eigenvalue weighted by atomic mass is 9.98. The highest BCUT2D eigenvalue weighted by molar-refractivity contribution is 5.84. The van der Waals surface area contributed by atoms with Crippen LogP contribution in [0.5, 0.6) is 0 Å². The first-order valence-electron chi connectivity index (χ1n) is 4.49. The molecule has 15 heavy (non-hydrogen) atoms. The number of carbonyl (C=O) groups is 1. The number of amides is 1. The van der Waals surface area contributed by atoms with E-state index in [4.69, 9.17) is 5.73 Å². The molecular weight excluding hydrogens is 192 g/mol. The minimum Gasteiger partial charge on any atom is -0.369 e. The number of nitrogens with one attached hydrogen (secondary N) is 1. The molecule has 1 amide bonds. The Bertz CT molecular complexity index is 438. The molecule has 2 aromatic rings. The van der Waals surface area contributed by atoms with Gasteiger partial charge in [0.15, 0.2) is 5.82 Å². The minimum atomic E-state index is -0.586. The second kappa shape index (κ2) is 3.91. The average molecular weight is 202 g/mol. The van der Waals surface area contributed by atoms with Gasteiger partial charge >= 0.3 is 0 Å². The summed E-state index contributed by atoms with van der Waals surface area (Å²) in [6.07, 6.45) is 1.42. The van der Waals surface area contributed by atoms with Gasteiger partial charge in [0, 0.05) is 0 Å². The molecule has 1 aromatic heterocycles. The fourth-order valence-electron chi connectivity index (χ4n) is 1.44. The zero-order valence-corrected chi connectivity index (χ0v) is 7.92. The van der Waals surface area contributed by atoms with E-state index in [1.165, 1.54) is 6.33 Å². The van der Waals surface area contributed by atoms with Crippen molar-refractivity contribution in [3.63, 3.8) is 0 Å². The van der Waals surface area contributed by atoms with Crippen LogP contribution < -0.4 is 5.73 Å². The Morgan fingerprint density at radius 3 is 2.60 bits per heavy atom. The zero-order chi connectivity index (χ0) is 10.7. The number of aromatic nitrogens is 3. The first kappa shape index (κ1) is 9.39. The SMILES string of the molecule is NC(=O)C(c1ccccc1)c1nc[nH]n1. The van der Waals surface area contributed by atoms with Crippen LogP contribution in [0.4, 0.5) is 0 Å². The van der Waals surface area contributed by atoms with E-state index in [-0.39, 0.29) is 0 Å². The highest BCUT2D eigenvalue weighted by Crippen LogP contribution is 2.20. The van der Waals surface area contributed by atoms with Gasteiger partial charge in [-0.05, 0) is 5.56 Å². The number of aromatic amines is 1. The van der Waals surface area contributed by atoms with E-state index in [2.05, 4.69) is 15.2 Å². The number of hydrogen-bond donors (Lipinski definition) is 2. The van der Waals surface area contributed by atoms with Gasteiger partial charge in [0.05, 0.1) is 0 Å². The van der Waals surface area contributed by atoms with Gasteiger partial charge in [-0.25, -0.2) is 4.98 Å². The third-order valence-electron chi connectivity index (χ3n) is 2.11. The third-order valence-corrected chi connectivity index (χ3v) is 2.11. The lowest BCUT2D eigenvalue weighted by Gasteiger charge is -2.09. The van der Waals surface area contributed by atoms with E-state index in [1.54, 1.807) is 0 Å². The molecule has 0 saturated heterocycles. The normalized spacial score (nSPS) is 12.3. The number of nitrogens with two attached hydrogens (primary N) is 1. The molecule has 0 fully saturated rings. The smallest absolute Gasteiger partial charge is 0.232 e. The zero-order valence-electron chi connectivity index (χ0n) is 7.92. The summed E-state index contributed by atoms with van der Waals surface area (Å²) < 4.78 is 0. The van der Waals surface area contributed by atoms with Crippen molar-refractivity contribution in [2.45, 2.75) is 5.92 Å². The number of benzene rings is 1. The number of rotatable bonds is 3. The fraction of sp³-hybridized carbons (Fsp3) is 0.100. The van der Waals surface area contributed by atoms with Gasteiger partial charge in [-0.2, -0.15) is 5.10 Å². The number of nitrogens with zero attached hydrogens (tertiary/aromatic N) is 2. The first-order chi connectivity index (χ1) is 7.29. The van der Waals surface area contributed by atoms with Crippen molar-refractivity contribution in [3.8, 4) is 0 Å². The molecule has 5 nitrogen and oxygen atoms in total. The van der Waals surface area contributed by atoms with Gasteiger partial charge in [-0.1, -0.05) is 30.3 Å². The van der Waals surface area contributed by atoms with E-state index in [9.17, 15) is 4.79 Å². The summed E-state index contributed by atoms with van der Waals surface area (Å²) in [4.78, 5) is 15.3. The molecule has 1 aromatic carbocycles. The van der Waals surface area contributed by atoms with Gasteiger partial charge in [0.25, 0.3) is 0 Å². The highest BCUT2D eigenvalue weighted by atomic mass is 16.1. The molecule has 2 rings (SSSR count). The first-order valence-corrected chi connectivity index (χ1v) is 4.49. The van der Waals surface area contributed by atoms with Crippen LogP contribution in [0.3, 0.4) is 0 Å². The number of hydrogen-bond acceptors (Lipinski definition) is 3. The Kier molecular flexibility index (Phi) is 2.45. The van der Waals surface area contributed by atoms with E-state index < -0.39 is 11.8 Å². The summed E-state index contributed by atoms with van der Waals surface area (Å²) in [5, 5.41) is 6.44. The molecule has 0 spiro atoms. The van der Waals surface area contributed by atoms with Crippen molar-refractivity contribution in [2.75, 3.05) is 0 Å². The monoisotopic (exact) mass is 202 g/mol. The van der Waals surface area contributed by atoms with Crippen LogP contribution in [0.25, 0.3) is 0 Å². The maximum atomic E-state index is 11.3. The Hall–Kier alpha value is -2.17. The van der Waals surface area contributed by atoms with Crippen LogP contribution in [-0.2, 0) is 4.79 Å². The lowest BCUT2D eigenvalue weighted by molar-refractivity contribution is -0.118. The van der Waals surface area contributed by atoms with Crippen molar-refractivity contribution in [1.29, 1.82) is 0 Å². The lowest BCUT2D eigenvalue weighted by Crippen LogP contribution is -2.23. The fourth-order valence-corrected chi connectivity index (χ4v) is 1.44. The molecule has 5 heteroatoms. The van der Waals surface area contributed by atoms with Crippen LogP contribution in [0.15, 0.2) is 36.7 Å². The average Bonchev–Trinajstić information content (AvgIpc) is 2.72. The standard InChI is InChI=1S/C10H10N4O/c11-9(15)8(10-12-6-13-14-10)7-4-2-1-3-5-7/h1-6,8H,(H2,11,15)(H,12,13,14). The Morgan fingerprint density at radius 1 is 1.33 bits per heavy atom. The second-order valence-corrected chi connectivity index (χ2v) is 3.10. The largest absolute Gasteiger partial charge is 0.369 e. The molecule has 0 aliphatic rings. The van der Waals surface area contributed by atoms with Crippen LogP contribution in [-0.4, -0.2) is 21.1 Å². The second-order valence-electron chi connectivity index (χ2n) is 3.10. The maximum Gasteiger partial charge on any atom is 0.232 e. The Labute approximate surface area is 86.3 Å². The number of primary amides is 1. The van der Waals surface area contributed by atoms with Gasteiger partial charge in [0.1, 0.15) is 12.2 Å². The quantitative estimate of drug-likeness (QED) is 0.756. The summed E-state index contributed by atoms with van der Waals surface area (Å²) in [5.74, 6) is -0.646. The number of carbonyl (C=O) groups excluding carboxylic acids is 1. The van der Waals surface area contributed by atoms with Crippen molar-refractivity contribution in [1.82, 2.24) is 15.2 Å². The van der Waals surface area contributed by atoms with Crippen molar-refractivity contribution >= 4 is 5.91 Å². The summed E-state index contributed by atoms with van der Waals surface area (Å²) in [6, 6.07) is 9.22. The molecule has 0 radical (unpaired) electrons. The van der Waals surface area contributed by atoms with Gasteiger partial charge < -0.3 is 5.73 Å². The Morgan fingerprint density at radius 2 is 2.07 bits per heavy atom. The highest BCUT2D eigenvalue weighted by Gasteiger charge is 2.23. The predicted octanol–water partition coefficient (Wildman–Crippen LogP) is 0.422. The van der Waals surface area contributed by atoms with E-state index >= 15 is 0 Å². The number of H-pyrrole nitrogens is 1. The molecule has 1 atom stereocenters. The van der Waals surface area contributed by atoms with Crippen LogP contribution in [0, 0.1) is 0 Å². The third kappa shape index (κ3) is 1.85. The van der Waals surface area contributed by atoms with Crippen LogP contribution in [0.1, 0.15) is 17.3 Å². The van der Waals surface area contributed by atoms with Crippen molar-refractivity contribution in [3.05, 3.63) is 48.0 Å². The van der Waals surface area contributed by atoms with E-state index in [0.717, 1.165) is 5.56 Å². The summed E-state index contributed by atoms with van der Waals surface area (Å²) in [5.41, 5.74) is 6.12. The van der Waals surface area contributed by atoms with E-state index in [1.807, 2.05) is 30.3 Å². The molecule has 1 heterocycles. The summed E-state index contributed by atoms with van der Waals surface area (Å²) >= 11 is 0. The minimum absolute atomic E-state index is 0.397. The van der Waals surface area contributed by atoms with E-state index in [0.29, 0.717) is 5.82 Å². The predicted molar refractivity (Wildman–Crippen MR) is 53.9 cm³/mol.